The molecule has 290 valence electrons. The van der Waals surface area contributed by atoms with E-state index in [4.69, 9.17) is 25.2 Å². The third kappa shape index (κ3) is 19.6. The standard InChI is InChI=1S/C31H37F2N3O2.2C4H4O4/c1-24(37)38-30(22-34-29-6-3-2-4-7-29)23-36-20-18-35(19-21-36)17-5-8-31(25-9-13-27(32)14-10-25)26-11-15-28(33)16-12-26;2*5-3(6)1-2-4(7)8/h2-4,6-7,9-16,30-31,34H,5,8,17-23H2,1H3;2*1-2H,(H,5,6)(H,7,8)/b;2*2-1-. The number of para-hydroxylation sites is 1. The lowest BCUT2D eigenvalue weighted by atomic mass is 9.87. The van der Waals surface area contributed by atoms with Crippen molar-refractivity contribution >= 4 is 35.5 Å². The van der Waals surface area contributed by atoms with Gasteiger partial charge in [-0.15, -0.1) is 0 Å². The van der Waals surface area contributed by atoms with Crippen molar-refractivity contribution in [2.24, 2.45) is 0 Å². The Balaban J connectivity index is 0.000000526. The van der Waals surface area contributed by atoms with Crippen LogP contribution in [0.3, 0.4) is 0 Å². The first-order chi connectivity index (χ1) is 25.7. The number of hydrogen-bond donors (Lipinski definition) is 5. The Morgan fingerprint density at radius 3 is 1.52 bits per heavy atom. The highest BCUT2D eigenvalue weighted by Crippen LogP contribution is 2.30. The summed E-state index contributed by atoms with van der Waals surface area (Å²) in [6.07, 6.45) is 3.90. The second-order valence-corrected chi connectivity index (χ2v) is 11.9. The van der Waals surface area contributed by atoms with Crippen LogP contribution in [0.5, 0.6) is 0 Å². The van der Waals surface area contributed by atoms with Gasteiger partial charge in [-0.05, 0) is 66.9 Å². The third-order valence-corrected chi connectivity index (χ3v) is 7.82. The molecule has 1 heterocycles. The van der Waals surface area contributed by atoms with Crippen LogP contribution in [0.15, 0.2) is 103 Å². The van der Waals surface area contributed by atoms with E-state index in [1.807, 2.05) is 54.6 Å². The van der Waals surface area contributed by atoms with Gasteiger partial charge in [0.25, 0.3) is 0 Å². The number of carboxylic acids is 4. The van der Waals surface area contributed by atoms with E-state index in [9.17, 15) is 32.8 Å². The maximum atomic E-state index is 13.5. The van der Waals surface area contributed by atoms with Gasteiger partial charge >= 0.3 is 29.8 Å². The maximum absolute atomic E-state index is 13.5. The fraction of sp³-hybridized carbons (Fsp3) is 0.308. The number of aliphatic carboxylic acids is 4. The van der Waals surface area contributed by atoms with Crippen molar-refractivity contribution in [3.8, 4) is 0 Å². The number of ether oxygens (including phenoxy) is 1. The van der Waals surface area contributed by atoms with E-state index in [1.165, 1.54) is 31.2 Å². The van der Waals surface area contributed by atoms with Crippen molar-refractivity contribution in [2.45, 2.75) is 31.8 Å². The fourth-order valence-electron chi connectivity index (χ4n) is 5.37. The molecule has 13 nitrogen and oxygen atoms in total. The highest BCUT2D eigenvalue weighted by atomic mass is 19.1. The van der Waals surface area contributed by atoms with Crippen molar-refractivity contribution in [3.05, 3.63) is 126 Å². The summed E-state index contributed by atoms with van der Waals surface area (Å²) in [4.78, 5) is 54.7. The molecule has 1 fully saturated rings. The Kier molecular flexibility index (Phi) is 19.9. The van der Waals surface area contributed by atoms with Crippen LogP contribution in [0.2, 0.25) is 0 Å². The van der Waals surface area contributed by atoms with Crippen LogP contribution in [-0.2, 0) is 28.7 Å². The average Bonchev–Trinajstić information content (AvgIpc) is 3.13. The minimum absolute atomic E-state index is 0.0964. The van der Waals surface area contributed by atoms with Crippen LogP contribution >= 0.6 is 0 Å². The normalized spacial score (nSPS) is 13.6. The van der Waals surface area contributed by atoms with E-state index in [0.717, 1.165) is 62.4 Å². The smallest absolute Gasteiger partial charge is 0.328 e. The summed E-state index contributed by atoms with van der Waals surface area (Å²) >= 11 is 0. The molecule has 4 rings (SSSR count). The van der Waals surface area contributed by atoms with Crippen LogP contribution in [0.1, 0.15) is 36.8 Å². The Morgan fingerprint density at radius 1 is 0.685 bits per heavy atom. The van der Waals surface area contributed by atoms with Crippen LogP contribution in [0, 0.1) is 11.6 Å². The predicted octanol–water partition coefficient (Wildman–Crippen LogP) is 4.96. The summed E-state index contributed by atoms with van der Waals surface area (Å²) in [5.41, 5.74) is 3.10. The number of rotatable bonds is 16. The monoisotopic (exact) mass is 753 g/mol. The fourth-order valence-corrected chi connectivity index (χ4v) is 5.37. The number of carboxylic acid groups (broad SMARTS) is 4. The van der Waals surface area contributed by atoms with Crippen LogP contribution in [0.25, 0.3) is 0 Å². The number of anilines is 1. The maximum Gasteiger partial charge on any atom is 0.328 e. The van der Waals surface area contributed by atoms with Crippen molar-refractivity contribution in [1.29, 1.82) is 0 Å². The molecule has 1 unspecified atom stereocenters. The zero-order valence-corrected chi connectivity index (χ0v) is 29.7. The number of piperazine rings is 1. The highest BCUT2D eigenvalue weighted by molar-refractivity contribution is 5.90. The second kappa shape index (κ2) is 24.3. The molecule has 0 amide bonds. The summed E-state index contributed by atoms with van der Waals surface area (Å²) in [6, 6.07) is 23.2. The molecule has 54 heavy (non-hydrogen) atoms. The van der Waals surface area contributed by atoms with Gasteiger partial charge in [0.05, 0.1) is 6.54 Å². The minimum Gasteiger partial charge on any atom is -0.478 e. The highest BCUT2D eigenvalue weighted by Gasteiger charge is 2.22. The molecule has 1 atom stereocenters. The Hall–Kier alpha value is -5.93. The molecule has 0 spiro atoms. The molecule has 15 heteroatoms. The van der Waals surface area contributed by atoms with E-state index in [0.29, 0.717) is 37.4 Å². The number of carbonyl (C=O) groups excluding carboxylic acids is 1. The summed E-state index contributed by atoms with van der Waals surface area (Å²) in [5.74, 6) is -5.70. The van der Waals surface area contributed by atoms with Crippen molar-refractivity contribution in [3.63, 3.8) is 0 Å². The lowest BCUT2D eigenvalue weighted by Crippen LogP contribution is -2.50. The van der Waals surface area contributed by atoms with E-state index in [2.05, 4.69) is 15.1 Å². The first-order valence-corrected chi connectivity index (χ1v) is 16.9. The number of carbonyl (C=O) groups is 5. The number of esters is 1. The van der Waals surface area contributed by atoms with E-state index in [-0.39, 0.29) is 29.6 Å². The molecule has 3 aromatic rings. The minimum atomic E-state index is -1.26. The molecule has 0 bridgehead atoms. The quantitative estimate of drug-likeness (QED) is 0.0974. The van der Waals surface area contributed by atoms with Crippen LogP contribution in [-0.4, -0.2) is 112 Å². The second-order valence-electron chi connectivity index (χ2n) is 11.9. The summed E-state index contributed by atoms with van der Waals surface area (Å²) in [7, 11) is 0. The number of benzene rings is 3. The van der Waals surface area contributed by atoms with Crippen molar-refractivity contribution < 1.29 is 57.9 Å². The van der Waals surface area contributed by atoms with E-state index in [1.54, 1.807) is 0 Å². The molecular formula is C39H45F2N3O10. The molecular weight excluding hydrogens is 708 g/mol. The van der Waals surface area contributed by atoms with Gasteiger partial charge in [-0.1, -0.05) is 42.5 Å². The van der Waals surface area contributed by atoms with Gasteiger partial charge in [0.15, 0.2) is 0 Å². The molecule has 1 saturated heterocycles. The molecule has 1 aliphatic rings. The topological polar surface area (TPSA) is 194 Å². The Bertz CT molecular complexity index is 1570. The van der Waals surface area contributed by atoms with E-state index >= 15 is 0 Å². The zero-order valence-electron chi connectivity index (χ0n) is 29.7. The van der Waals surface area contributed by atoms with E-state index < -0.39 is 23.9 Å². The summed E-state index contributed by atoms with van der Waals surface area (Å²) < 4.78 is 32.6. The third-order valence-electron chi connectivity index (χ3n) is 7.82. The summed E-state index contributed by atoms with van der Waals surface area (Å²) in [6.45, 7) is 7.44. The van der Waals surface area contributed by atoms with Crippen molar-refractivity contribution in [2.75, 3.05) is 51.1 Å². The SMILES string of the molecule is CC(=O)OC(CNc1ccccc1)CN1CCN(CCCC(c2ccc(F)cc2)c2ccc(F)cc2)CC1.O=C(O)/C=C\C(=O)O.O=C(O)/C=C\C(=O)O. The molecule has 0 aliphatic carbocycles. The first-order valence-electron chi connectivity index (χ1n) is 16.9. The number of hydrogen-bond acceptors (Lipinski definition) is 9. The summed E-state index contributed by atoms with van der Waals surface area (Å²) in [5, 5.41) is 34.6. The molecule has 0 saturated carbocycles. The number of nitrogens with zero attached hydrogens (tertiary/aromatic N) is 2. The average molecular weight is 754 g/mol. The lowest BCUT2D eigenvalue weighted by Gasteiger charge is -2.36. The van der Waals surface area contributed by atoms with Crippen LogP contribution < -0.4 is 5.32 Å². The lowest BCUT2D eigenvalue weighted by molar-refractivity contribution is -0.146. The van der Waals surface area contributed by atoms with Gasteiger partial charge < -0.3 is 35.4 Å². The van der Waals surface area contributed by atoms with Gasteiger partial charge in [0, 0.05) is 75.6 Å². The molecule has 0 aromatic heterocycles. The first kappa shape index (κ1) is 44.2. The zero-order chi connectivity index (χ0) is 39.9. The van der Waals surface area contributed by atoms with Gasteiger partial charge in [-0.2, -0.15) is 0 Å². The van der Waals surface area contributed by atoms with Gasteiger partial charge in [0.2, 0.25) is 0 Å². The van der Waals surface area contributed by atoms with Gasteiger partial charge in [-0.3, -0.25) is 9.69 Å². The molecule has 3 aromatic carbocycles. The Morgan fingerprint density at radius 2 is 1.11 bits per heavy atom. The predicted molar refractivity (Wildman–Crippen MR) is 196 cm³/mol. The molecule has 0 radical (unpaired) electrons. The number of halogens is 2. The van der Waals surface area contributed by atoms with Crippen molar-refractivity contribution in [1.82, 2.24) is 9.80 Å². The van der Waals surface area contributed by atoms with Gasteiger partial charge in [0.1, 0.15) is 17.7 Å². The number of nitrogens with one attached hydrogen (secondary N) is 1. The molecule has 1 aliphatic heterocycles. The largest absolute Gasteiger partial charge is 0.478 e. The Labute approximate surface area is 311 Å². The van der Waals surface area contributed by atoms with Gasteiger partial charge in [-0.25, -0.2) is 28.0 Å². The van der Waals surface area contributed by atoms with Crippen LogP contribution in [0.4, 0.5) is 14.5 Å². The molecule has 5 N–H and O–H groups in total.